The molecule has 0 spiro atoms. The van der Waals surface area contributed by atoms with Crippen LogP contribution in [0.5, 0.6) is 0 Å². The minimum absolute atomic E-state index is 0. The van der Waals surface area contributed by atoms with Gasteiger partial charge in [0.2, 0.25) is 0 Å². The van der Waals surface area contributed by atoms with Gasteiger partial charge < -0.3 is 9.80 Å². The van der Waals surface area contributed by atoms with Gasteiger partial charge >= 0.3 is 0 Å². The molecule has 0 aliphatic carbocycles. The third kappa shape index (κ3) is 9.41. The summed E-state index contributed by atoms with van der Waals surface area (Å²) in [5, 5.41) is 8.74. The molecule has 0 saturated carbocycles. The highest BCUT2D eigenvalue weighted by Gasteiger charge is 2.10. The molecule has 2 aromatic carbocycles. The van der Waals surface area contributed by atoms with E-state index >= 15 is 0 Å². The molecule has 2 aromatic rings. The molecule has 3 nitrogen and oxygen atoms in total. The van der Waals surface area contributed by atoms with Crippen LogP contribution in [0.1, 0.15) is 90.2 Å². The fourth-order valence-corrected chi connectivity index (χ4v) is 3.98. The Labute approximate surface area is 209 Å². The van der Waals surface area contributed by atoms with Crippen LogP contribution in [0.3, 0.4) is 0 Å². The summed E-state index contributed by atoms with van der Waals surface area (Å²) in [5.74, 6) is 0. The Morgan fingerprint density at radius 2 is 0.818 bits per heavy atom. The lowest BCUT2D eigenvalue weighted by atomic mass is 10.0. The van der Waals surface area contributed by atoms with Gasteiger partial charge in [-0.3, -0.25) is 5.41 Å². The highest BCUT2D eigenvalue weighted by molar-refractivity contribution is 6.11. The van der Waals surface area contributed by atoms with E-state index in [1.165, 1.54) is 62.7 Å². The number of halogens is 1. The minimum atomic E-state index is 0. The molecule has 4 heteroatoms. The van der Waals surface area contributed by atoms with E-state index in [-0.39, 0.29) is 12.4 Å². The van der Waals surface area contributed by atoms with Gasteiger partial charge in [-0.2, -0.15) is 0 Å². The van der Waals surface area contributed by atoms with Gasteiger partial charge in [-0.05, 0) is 49.9 Å². The van der Waals surface area contributed by atoms with E-state index in [2.05, 4.69) is 86.0 Å². The number of hydrogen-bond acceptors (Lipinski definition) is 3. The Kier molecular flexibility index (Phi) is 14.6. The second-order valence-corrected chi connectivity index (χ2v) is 8.86. The first-order chi connectivity index (χ1) is 15.6. The first kappa shape index (κ1) is 29.0. The van der Waals surface area contributed by atoms with Crippen molar-refractivity contribution in [2.75, 3.05) is 36.0 Å². The quantitative estimate of drug-likeness (QED) is 0.249. The summed E-state index contributed by atoms with van der Waals surface area (Å²) in [5.41, 5.74) is 5.13. The van der Waals surface area contributed by atoms with Crippen LogP contribution in [0.2, 0.25) is 0 Å². The van der Waals surface area contributed by atoms with E-state index in [0.717, 1.165) is 37.3 Å². The molecule has 0 aliphatic heterocycles. The first-order valence-corrected chi connectivity index (χ1v) is 12.9. The van der Waals surface area contributed by atoms with Gasteiger partial charge in [0.05, 0.1) is 5.71 Å². The van der Waals surface area contributed by atoms with Crippen molar-refractivity contribution in [2.45, 2.75) is 79.1 Å². The van der Waals surface area contributed by atoms with E-state index in [1.807, 2.05) is 0 Å². The molecule has 0 aliphatic rings. The van der Waals surface area contributed by atoms with Crippen molar-refractivity contribution < 1.29 is 0 Å². The van der Waals surface area contributed by atoms with Crippen LogP contribution in [-0.4, -0.2) is 31.9 Å². The molecule has 0 aromatic heterocycles. The van der Waals surface area contributed by atoms with Crippen molar-refractivity contribution in [1.82, 2.24) is 0 Å². The molecule has 2 rings (SSSR count). The molecular weight excluding hydrogens is 426 g/mol. The van der Waals surface area contributed by atoms with E-state index in [1.54, 1.807) is 0 Å². The maximum atomic E-state index is 8.74. The van der Waals surface area contributed by atoms with Crippen LogP contribution < -0.4 is 9.80 Å². The van der Waals surface area contributed by atoms with Crippen molar-refractivity contribution in [3.63, 3.8) is 0 Å². The van der Waals surface area contributed by atoms with Crippen LogP contribution in [0.15, 0.2) is 48.5 Å². The smallest absolute Gasteiger partial charge is 0.0684 e. The van der Waals surface area contributed by atoms with Gasteiger partial charge in [-0.25, -0.2) is 0 Å². The van der Waals surface area contributed by atoms with Crippen molar-refractivity contribution >= 4 is 29.5 Å². The number of hydrogen-bond donors (Lipinski definition) is 1. The first-order valence-electron chi connectivity index (χ1n) is 12.9. The molecule has 0 radical (unpaired) electrons. The fourth-order valence-electron chi connectivity index (χ4n) is 3.98. The summed E-state index contributed by atoms with van der Waals surface area (Å²) in [6, 6.07) is 17.2. The van der Waals surface area contributed by atoms with Crippen LogP contribution in [0.4, 0.5) is 11.4 Å². The number of nitrogens with zero attached hydrogens (tertiary/aromatic N) is 2. The zero-order valence-electron chi connectivity index (χ0n) is 21.4. The maximum absolute atomic E-state index is 8.74. The van der Waals surface area contributed by atoms with Gasteiger partial charge in [0.1, 0.15) is 0 Å². The lowest BCUT2D eigenvalue weighted by Gasteiger charge is -2.25. The normalized spacial score (nSPS) is 10.5. The lowest BCUT2D eigenvalue weighted by Crippen LogP contribution is -2.25. The van der Waals surface area contributed by atoms with E-state index in [9.17, 15) is 0 Å². The summed E-state index contributed by atoms with van der Waals surface area (Å²) in [4.78, 5) is 4.99. The minimum Gasteiger partial charge on any atom is -0.372 e. The zero-order chi connectivity index (χ0) is 23.2. The number of rotatable bonds is 16. The van der Waals surface area contributed by atoms with Gasteiger partial charge in [-0.15, -0.1) is 12.4 Å². The Morgan fingerprint density at radius 1 is 0.545 bits per heavy atom. The SMILES string of the molecule is CCCCN(CCCC)c1ccc(C(=N)c2ccc(N(CCCC)CCCC)cc2)cc1.Cl. The average Bonchev–Trinajstić information content (AvgIpc) is 2.84. The molecule has 0 heterocycles. The standard InChI is InChI=1S/C29H45N3.ClH/c1-5-9-21-31(22-10-6-2)27-17-13-25(14-18-27)29(30)26-15-19-28(20-16-26)32(23-11-7-3)24-12-8-4;/h13-20,30H,5-12,21-24H2,1-4H3;1H. The van der Waals surface area contributed by atoms with Gasteiger partial charge in [-0.1, -0.05) is 77.6 Å². The fraction of sp³-hybridized carbons (Fsp3) is 0.552. The van der Waals surface area contributed by atoms with Gasteiger partial charge in [0.15, 0.2) is 0 Å². The summed E-state index contributed by atoms with van der Waals surface area (Å²) < 4.78 is 0. The largest absolute Gasteiger partial charge is 0.372 e. The maximum Gasteiger partial charge on any atom is 0.0684 e. The Bertz CT molecular complexity index is 689. The summed E-state index contributed by atoms with van der Waals surface area (Å²) >= 11 is 0. The molecule has 0 bridgehead atoms. The molecule has 0 saturated heterocycles. The van der Waals surface area contributed by atoms with Crippen LogP contribution >= 0.6 is 12.4 Å². The third-order valence-electron chi connectivity index (χ3n) is 6.17. The van der Waals surface area contributed by atoms with Crippen molar-refractivity contribution in [1.29, 1.82) is 5.41 Å². The topological polar surface area (TPSA) is 30.3 Å². The predicted molar refractivity (Wildman–Crippen MR) is 150 cm³/mol. The molecule has 0 atom stereocenters. The molecule has 0 unspecified atom stereocenters. The monoisotopic (exact) mass is 471 g/mol. The van der Waals surface area contributed by atoms with Crippen molar-refractivity contribution in [3.8, 4) is 0 Å². The number of anilines is 2. The van der Waals surface area contributed by atoms with E-state index < -0.39 is 0 Å². The van der Waals surface area contributed by atoms with Crippen molar-refractivity contribution in [3.05, 3.63) is 59.7 Å². The van der Waals surface area contributed by atoms with Crippen molar-refractivity contribution in [2.24, 2.45) is 0 Å². The highest BCUT2D eigenvalue weighted by atomic mass is 35.5. The Morgan fingerprint density at radius 3 is 1.06 bits per heavy atom. The predicted octanol–water partition coefficient (Wildman–Crippen LogP) is 8.34. The van der Waals surface area contributed by atoms with E-state index in [4.69, 9.17) is 5.41 Å². The lowest BCUT2D eigenvalue weighted by molar-refractivity contribution is 0.678. The number of benzene rings is 2. The molecule has 33 heavy (non-hydrogen) atoms. The molecule has 0 amide bonds. The summed E-state index contributed by atoms with van der Waals surface area (Å²) in [6.07, 6.45) is 9.77. The Balaban J connectivity index is 0.00000544. The highest BCUT2D eigenvalue weighted by Crippen LogP contribution is 2.21. The number of nitrogens with one attached hydrogen (secondary N) is 1. The summed E-state index contributed by atoms with van der Waals surface area (Å²) in [7, 11) is 0. The van der Waals surface area contributed by atoms with Crippen LogP contribution in [-0.2, 0) is 0 Å². The molecule has 184 valence electrons. The number of unbranched alkanes of at least 4 members (excludes halogenated alkanes) is 4. The second-order valence-electron chi connectivity index (χ2n) is 8.86. The van der Waals surface area contributed by atoms with Gasteiger partial charge in [0, 0.05) is 48.7 Å². The Hall–Kier alpha value is -2.00. The molecule has 1 N–H and O–H groups in total. The van der Waals surface area contributed by atoms with E-state index in [0.29, 0.717) is 5.71 Å². The average molecular weight is 472 g/mol. The molecular formula is C29H46ClN3. The van der Waals surface area contributed by atoms with Crippen LogP contribution in [0.25, 0.3) is 0 Å². The zero-order valence-corrected chi connectivity index (χ0v) is 22.2. The second kappa shape index (κ2) is 16.6. The molecule has 0 fully saturated rings. The summed E-state index contributed by atoms with van der Waals surface area (Å²) in [6.45, 7) is 13.5. The third-order valence-corrected chi connectivity index (χ3v) is 6.17. The van der Waals surface area contributed by atoms with Gasteiger partial charge in [0.25, 0.3) is 0 Å². The van der Waals surface area contributed by atoms with Crippen LogP contribution in [0, 0.1) is 5.41 Å².